The van der Waals surface area contributed by atoms with Crippen LogP contribution < -0.4 is 28.9 Å². The number of fused-ring (bicyclic) bond motifs is 3. The van der Waals surface area contributed by atoms with Gasteiger partial charge in [0.05, 0.1) is 0 Å². The Bertz CT molecular complexity index is 666. The van der Waals surface area contributed by atoms with E-state index in [1.54, 1.807) is 0 Å². The van der Waals surface area contributed by atoms with Crippen LogP contribution in [0.5, 0.6) is 0 Å². The lowest BCUT2D eigenvalue weighted by Crippen LogP contribution is -3.00. The average molecular weight is 390 g/mol. The van der Waals surface area contributed by atoms with Crippen molar-refractivity contribution in [1.82, 2.24) is 0 Å². The van der Waals surface area contributed by atoms with E-state index in [2.05, 4.69) is 77.3 Å². The second-order valence-electron chi connectivity index (χ2n) is 5.79. The highest BCUT2D eigenvalue weighted by Crippen LogP contribution is 2.34. The first kappa shape index (κ1) is 14.6. The van der Waals surface area contributed by atoms with Crippen LogP contribution in [0.2, 0.25) is 0 Å². The highest BCUT2D eigenvalue weighted by molar-refractivity contribution is 5.82. The summed E-state index contributed by atoms with van der Waals surface area (Å²) in [4.78, 5) is 2.45. The van der Waals surface area contributed by atoms with Gasteiger partial charge in [-0.15, -0.1) is 0 Å². The lowest BCUT2D eigenvalue weighted by atomic mass is 10.1. The molecule has 2 heterocycles. The molecule has 0 amide bonds. The molecule has 0 saturated carbocycles. The van der Waals surface area contributed by atoms with Crippen LogP contribution in [0.4, 0.5) is 5.69 Å². The number of anilines is 1. The number of rotatable bonds is 2. The van der Waals surface area contributed by atoms with Crippen molar-refractivity contribution in [1.29, 1.82) is 0 Å². The predicted molar refractivity (Wildman–Crippen MR) is 82.5 cm³/mol. The molecule has 0 N–H and O–H groups in total. The second-order valence-corrected chi connectivity index (χ2v) is 5.79. The van der Waals surface area contributed by atoms with Crippen LogP contribution in [-0.4, -0.2) is 23.5 Å². The Morgan fingerprint density at radius 1 is 1.05 bits per heavy atom. The molecule has 0 aromatic heterocycles. The molecular formula is C18H19IN2. The van der Waals surface area contributed by atoms with Gasteiger partial charge in [-0.05, 0) is 18.6 Å². The summed E-state index contributed by atoms with van der Waals surface area (Å²) in [5.74, 6) is 0. The molecule has 0 fully saturated rings. The molecule has 0 aliphatic carbocycles. The smallest absolute Gasteiger partial charge is 0.240 e. The molecular weight excluding hydrogens is 371 g/mol. The maximum Gasteiger partial charge on any atom is 0.240 e. The zero-order chi connectivity index (χ0) is 13.5. The third-order valence-electron chi connectivity index (χ3n) is 4.59. The Kier molecular flexibility index (Phi) is 4.02. The number of hydrogen-bond acceptors (Lipinski definition) is 1. The monoisotopic (exact) mass is 390 g/mol. The van der Waals surface area contributed by atoms with Crippen molar-refractivity contribution in [3.8, 4) is 0 Å². The third-order valence-corrected chi connectivity index (χ3v) is 4.59. The van der Waals surface area contributed by atoms with Gasteiger partial charge in [-0.1, -0.05) is 48.5 Å². The SMILES string of the molecule is C[C@@H](c1ccccc1)[N+]1=CN2c3ccccc3C[C@H]2C1.[I-]. The van der Waals surface area contributed by atoms with Crippen LogP contribution in [0.25, 0.3) is 0 Å². The average Bonchev–Trinajstić information content (AvgIpc) is 3.05. The molecule has 0 bridgehead atoms. The van der Waals surface area contributed by atoms with Gasteiger partial charge in [-0.3, -0.25) is 4.58 Å². The first-order chi connectivity index (χ1) is 9.83. The molecule has 2 atom stereocenters. The fourth-order valence-corrected chi connectivity index (χ4v) is 3.42. The molecule has 21 heavy (non-hydrogen) atoms. The first-order valence-corrected chi connectivity index (χ1v) is 7.35. The molecule has 108 valence electrons. The second kappa shape index (κ2) is 5.79. The summed E-state index contributed by atoms with van der Waals surface area (Å²) in [6.07, 6.45) is 3.48. The highest BCUT2D eigenvalue weighted by atomic mass is 127. The maximum atomic E-state index is 2.47. The van der Waals surface area contributed by atoms with Crippen LogP contribution in [0, 0.1) is 0 Å². The lowest BCUT2D eigenvalue weighted by molar-refractivity contribution is -0.558. The molecule has 3 heteroatoms. The standard InChI is InChI=1S/C18H19N2.HI/c1-14(15-7-3-2-4-8-15)19-12-17-11-16-9-5-6-10-18(16)20(17)13-19;/h2-10,13-14,17H,11-12H2,1H3;1H/q+1;/p-1/t14-,17-;/m0./s1. The molecule has 2 aromatic rings. The molecule has 0 spiro atoms. The summed E-state index contributed by atoms with van der Waals surface area (Å²) in [6, 6.07) is 20.6. The van der Waals surface area contributed by atoms with Gasteiger partial charge in [0.1, 0.15) is 24.3 Å². The fourth-order valence-electron chi connectivity index (χ4n) is 3.42. The highest BCUT2D eigenvalue weighted by Gasteiger charge is 2.41. The van der Waals surface area contributed by atoms with Crippen molar-refractivity contribution < 1.29 is 28.6 Å². The first-order valence-electron chi connectivity index (χ1n) is 7.35. The molecule has 2 aliphatic heterocycles. The lowest BCUT2D eigenvalue weighted by Gasteiger charge is -2.12. The van der Waals surface area contributed by atoms with Gasteiger partial charge >= 0.3 is 0 Å². The van der Waals surface area contributed by atoms with E-state index in [-0.39, 0.29) is 24.0 Å². The summed E-state index contributed by atoms with van der Waals surface area (Å²) >= 11 is 0. The van der Waals surface area contributed by atoms with E-state index in [1.807, 2.05) is 0 Å². The summed E-state index contributed by atoms with van der Waals surface area (Å²) in [7, 11) is 0. The van der Waals surface area contributed by atoms with Crippen molar-refractivity contribution in [2.45, 2.75) is 25.4 Å². The van der Waals surface area contributed by atoms with E-state index in [0.717, 1.165) is 6.54 Å². The van der Waals surface area contributed by atoms with Crippen molar-refractivity contribution in [2.24, 2.45) is 0 Å². The van der Waals surface area contributed by atoms with Gasteiger partial charge in [0.15, 0.2) is 0 Å². The largest absolute Gasteiger partial charge is 1.00 e. The Labute approximate surface area is 143 Å². The van der Waals surface area contributed by atoms with E-state index < -0.39 is 0 Å². The molecule has 4 rings (SSSR count). The van der Waals surface area contributed by atoms with E-state index in [0.29, 0.717) is 12.1 Å². The Morgan fingerprint density at radius 2 is 1.76 bits per heavy atom. The van der Waals surface area contributed by atoms with Gasteiger partial charge in [-0.2, -0.15) is 0 Å². The van der Waals surface area contributed by atoms with Crippen LogP contribution >= 0.6 is 0 Å². The zero-order valence-corrected chi connectivity index (χ0v) is 14.3. The van der Waals surface area contributed by atoms with Gasteiger partial charge in [0.2, 0.25) is 6.34 Å². The van der Waals surface area contributed by atoms with Crippen molar-refractivity contribution in [2.75, 3.05) is 11.4 Å². The summed E-state index contributed by atoms with van der Waals surface area (Å²) in [5, 5.41) is 0. The van der Waals surface area contributed by atoms with Crippen LogP contribution in [0.1, 0.15) is 24.1 Å². The molecule has 0 saturated heterocycles. The molecule has 0 radical (unpaired) electrons. The number of hydrogen-bond donors (Lipinski definition) is 0. The zero-order valence-electron chi connectivity index (χ0n) is 12.1. The molecule has 2 nitrogen and oxygen atoms in total. The van der Waals surface area contributed by atoms with Crippen LogP contribution in [0.3, 0.4) is 0 Å². The van der Waals surface area contributed by atoms with Crippen molar-refractivity contribution in [3.63, 3.8) is 0 Å². The number of benzene rings is 2. The predicted octanol–water partition coefficient (Wildman–Crippen LogP) is 0.237. The Balaban J connectivity index is 0.00000132. The van der Waals surface area contributed by atoms with Gasteiger partial charge in [0, 0.05) is 12.0 Å². The van der Waals surface area contributed by atoms with Crippen molar-refractivity contribution >= 4 is 12.0 Å². The molecule has 2 aromatic carbocycles. The third kappa shape index (κ3) is 2.48. The number of nitrogens with zero attached hydrogens (tertiary/aromatic N) is 2. The van der Waals surface area contributed by atoms with E-state index in [4.69, 9.17) is 0 Å². The van der Waals surface area contributed by atoms with Gasteiger partial charge in [-0.25, -0.2) is 4.90 Å². The normalized spacial score (nSPS) is 20.3. The van der Waals surface area contributed by atoms with Gasteiger partial charge < -0.3 is 24.0 Å². The van der Waals surface area contributed by atoms with E-state index in [9.17, 15) is 0 Å². The topological polar surface area (TPSA) is 6.25 Å². The Morgan fingerprint density at radius 3 is 2.57 bits per heavy atom. The van der Waals surface area contributed by atoms with Crippen molar-refractivity contribution in [3.05, 3.63) is 65.7 Å². The maximum absolute atomic E-state index is 2.47. The minimum absolute atomic E-state index is 0. The Hall–Kier alpha value is -1.36. The summed E-state index contributed by atoms with van der Waals surface area (Å²) in [6.45, 7) is 3.41. The fraction of sp³-hybridized carbons (Fsp3) is 0.278. The van der Waals surface area contributed by atoms with Crippen LogP contribution in [0.15, 0.2) is 54.6 Å². The number of halogens is 1. The number of para-hydroxylation sites is 1. The van der Waals surface area contributed by atoms with Crippen LogP contribution in [-0.2, 0) is 6.42 Å². The molecule has 0 unspecified atom stereocenters. The quantitative estimate of drug-likeness (QED) is 0.526. The molecule has 2 aliphatic rings. The summed E-state index contributed by atoms with van der Waals surface area (Å²) in [5.41, 5.74) is 4.26. The summed E-state index contributed by atoms with van der Waals surface area (Å²) < 4.78 is 2.47. The minimum Gasteiger partial charge on any atom is -1.00 e. The van der Waals surface area contributed by atoms with E-state index in [1.165, 1.54) is 23.2 Å². The van der Waals surface area contributed by atoms with E-state index >= 15 is 0 Å². The minimum atomic E-state index is 0. The van der Waals surface area contributed by atoms with Gasteiger partial charge in [0.25, 0.3) is 0 Å².